The molecule has 7 heteroatoms. The predicted molar refractivity (Wildman–Crippen MR) is 85.4 cm³/mol. The molecule has 1 N–H and O–H groups in total. The van der Waals surface area contributed by atoms with E-state index in [1.165, 1.54) is 12.1 Å². The van der Waals surface area contributed by atoms with E-state index in [9.17, 15) is 14.0 Å². The van der Waals surface area contributed by atoms with Gasteiger partial charge in [-0.25, -0.2) is 9.18 Å². The number of hydrogen-bond acceptors (Lipinski definition) is 4. The number of carbonyl (C=O) groups excluding carboxylic acids is 2. The van der Waals surface area contributed by atoms with Crippen LogP contribution in [0.15, 0.2) is 42.5 Å². The van der Waals surface area contributed by atoms with Crippen LogP contribution < -0.4 is 14.8 Å². The van der Waals surface area contributed by atoms with E-state index in [0.29, 0.717) is 22.6 Å². The molecule has 3 amide bonds. The molecular formula is C18H15FN2O4. The standard InChI is InChI=1S/C18H15FN2O4/c1-18(12-4-7-14-15(8-12)25-10-24-14)16(22)21(17(23)20-18)9-11-2-5-13(19)6-3-11/h2-8H,9-10H2,1H3,(H,20,23)/t18-/m0/s1. The molecule has 0 bridgehead atoms. The van der Waals surface area contributed by atoms with Gasteiger partial charge in [0.15, 0.2) is 11.5 Å². The molecule has 0 aromatic heterocycles. The quantitative estimate of drug-likeness (QED) is 0.871. The summed E-state index contributed by atoms with van der Waals surface area (Å²) in [5.41, 5.74) is 0.0782. The summed E-state index contributed by atoms with van der Waals surface area (Å²) in [5, 5.41) is 2.74. The number of hydrogen-bond donors (Lipinski definition) is 1. The van der Waals surface area contributed by atoms with E-state index in [0.717, 1.165) is 4.90 Å². The molecule has 2 aliphatic heterocycles. The van der Waals surface area contributed by atoms with Crippen molar-refractivity contribution in [3.05, 3.63) is 59.4 Å². The van der Waals surface area contributed by atoms with Crippen LogP contribution in [0.4, 0.5) is 9.18 Å². The Balaban J connectivity index is 1.62. The summed E-state index contributed by atoms with van der Waals surface area (Å²) < 4.78 is 23.6. The molecule has 0 radical (unpaired) electrons. The smallest absolute Gasteiger partial charge is 0.325 e. The minimum atomic E-state index is -1.20. The minimum Gasteiger partial charge on any atom is -0.454 e. The first-order chi connectivity index (χ1) is 12.0. The maximum atomic E-state index is 13.0. The van der Waals surface area contributed by atoms with E-state index in [1.54, 1.807) is 37.3 Å². The van der Waals surface area contributed by atoms with Crippen molar-refractivity contribution in [2.24, 2.45) is 0 Å². The largest absolute Gasteiger partial charge is 0.454 e. The third-order valence-electron chi connectivity index (χ3n) is 4.48. The third-order valence-corrected chi connectivity index (χ3v) is 4.48. The number of nitrogens with one attached hydrogen (secondary N) is 1. The Morgan fingerprint density at radius 3 is 2.60 bits per heavy atom. The fourth-order valence-electron chi connectivity index (χ4n) is 3.02. The van der Waals surface area contributed by atoms with Gasteiger partial charge in [-0.05, 0) is 42.3 Å². The van der Waals surface area contributed by atoms with Crippen LogP contribution in [0.5, 0.6) is 11.5 Å². The first-order valence-electron chi connectivity index (χ1n) is 7.76. The van der Waals surface area contributed by atoms with Crippen LogP contribution >= 0.6 is 0 Å². The molecule has 25 heavy (non-hydrogen) atoms. The van der Waals surface area contributed by atoms with Crippen molar-refractivity contribution >= 4 is 11.9 Å². The maximum absolute atomic E-state index is 13.0. The van der Waals surface area contributed by atoms with Crippen LogP contribution in [0, 0.1) is 5.82 Å². The van der Waals surface area contributed by atoms with E-state index in [-0.39, 0.29) is 25.1 Å². The molecule has 0 aliphatic carbocycles. The maximum Gasteiger partial charge on any atom is 0.325 e. The third kappa shape index (κ3) is 2.48. The second-order valence-electron chi connectivity index (χ2n) is 6.14. The molecule has 2 aromatic rings. The number of urea groups is 1. The molecule has 2 aliphatic rings. The Bertz CT molecular complexity index is 868. The van der Waals surface area contributed by atoms with Crippen molar-refractivity contribution < 1.29 is 23.5 Å². The van der Waals surface area contributed by atoms with Crippen LogP contribution in [0.1, 0.15) is 18.1 Å². The van der Waals surface area contributed by atoms with Gasteiger partial charge in [0, 0.05) is 0 Å². The molecule has 1 saturated heterocycles. The second kappa shape index (κ2) is 5.47. The van der Waals surface area contributed by atoms with E-state index < -0.39 is 11.6 Å². The van der Waals surface area contributed by atoms with Gasteiger partial charge in [-0.3, -0.25) is 9.69 Å². The summed E-state index contributed by atoms with van der Waals surface area (Å²) in [4.78, 5) is 26.4. The number of fused-ring (bicyclic) bond motifs is 1. The zero-order valence-electron chi connectivity index (χ0n) is 13.4. The van der Waals surface area contributed by atoms with Gasteiger partial charge < -0.3 is 14.8 Å². The average Bonchev–Trinajstić information content (AvgIpc) is 3.15. The van der Waals surface area contributed by atoms with Gasteiger partial charge in [-0.1, -0.05) is 18.2 Å². The summed E-state index contributed by atoms with van der Waals surface area (Å²) in [6.07, 6.45) is 0. The van der Waals surface area contributed by atoms with Crippen LogP contribution in [-0.4, -0.2) is 23.6 Å². The van der Waals surface area contributed by atoms with Gasteiger partial charge in [0.1, 0.15) is 11.4 Å². The highest BCUT2D eigenvalue weighted by molar-refractivity contribution is 6.07. The molecule has 128 valence electrons. The van der Waals surface area contributed by atoms with Gasteiger partial charge in [0.05, 0.1) is 6.54 Å². The van der Waals surface area contributed by atoms with Crippen molar-refractivity contribution in [3.8, 4) is 11.5 Å². The summed E-state index contributed by atoms with van der Waals surface area (Å²) >= 11 is 0. The lowest BCUT2D eigenvalue weighted by Gasteiger charge is -2.22. The van der Waals surface area contributed by atoms with E-state index in [2.05, 4.69) is 5.32 Å². The van der Waals surface area contributed by atoms with Crippen molar-refractivity contribution in [3.63, 3.8) is 0 Å². The van der Waals surface area contributed by atoms with Gasteiger partial charge in [0.25, 0.3) is 5.91 Å². The Morgan fingerprint density at radius 1 is 1.12 bits per heavy atom. The molecule has 6 nitrogen and oxygen atoms in total. The highest BCUT2D eigenvalue weighted by Gasteiger charge is 2.49. The van der Waals surface area contributed by atoms with Crippen molar-refractivity contribution in [1.29, 1.82) is 0 Å². The monoisotopic (exact) mass is 342 g/mol. The van der Waals surface area contributed by atoms with Crippen LogP contribution in [0.3, 0.4) is 0 Å². The SMILES string of the molecule is C[C@@]1(c2ccc3c(c2)OCO3)NC(=O)N(Cc2ccc(F)cc2)C1=O. The minimum absolute atomic E-state index is 0.0745. The second-order valence-corrected chi connectivity index (χ2v) is 6.14. The van der Waals surface area contributed by atoms with E-state index in [1.807, 2.05) is 0 Å². The fourth-order valence-corrected chi connectivity index (χ4v) is 3.02. The highest BCUT2D eigenvalue weighted by Crippen LogP contribution is 2.38. The van der Waals surface area contributed by atoms with Crippen molar-refractivity contribution in [1.82, 2.24) is 10.2 Å². The zero-order chi connectivity index (χ0) is 17.6. The summed E-state index contributed by atoms with van der Waals surface area (Å²) in [7, 11) is 0. The average molecular weight is 342 g/mol. The molecule has 0 unspecified atom stereocenters. The Kier molecular flexibility index (Phi) is 3.38. The Labute approximate surface area is 143 Å². The Morgan fingerprint density at radius 2 is 1.84 bits per heavy atom. The van der Waals surface area contributed by atoms with E-state index in [4.69, 9.17) is 9.47 Å². The van der Waals surface area contributed by atoms with Crippen LogP contribution in [-0.2, 0) is 16.9 Å². The molecule has 1 atom stereocenters. The van der Waals surface area contributed by atoms with Gasteiger partial charge in [-0.15, -0.1) is 0 Å². The number of benzene rings is 2. The lowest BCUT2D eigenvalue weighted by Crippen LogP contribution is -2.40. The normalized spacial score (nSPS) is 21.6. The van der Waals surface area contributed by atoms with Crippen molar-refractivity contribution in [2.45, 2.75) is 19.0 Å². The summed E-state index contributed by atoms with van der Waals surface area (Å²) in [6.45, 7) is 1.85. The number of carbonyl (C=O) groups is 2. The fraction of sp³-hybridized carbons (Fsp3) is 0.222. The number of rotatable bonds is 3. The zero-order valence-corrected chi connectivity index (χ0v) is 13.4. The molecule has 4 rings (SSSR count). The summed E-state index contributed by atoms with van der Waals surface area (Å²) in [6, 6.07) is 10.3. The van der Waals surface area contributed by atoms with Gasteiger partial charge in [-0.2, -0.15) is 0 Å². The molecule has 2 aromatic carbocycles. The predicted octanol–water partition coefficient (Wildman–Crippen LogP) is 2.52. The van der Waals surface area contributed by atoms with Crippen LogP contribution in [0.2, 0.25) is 0 Å². The number of nitrogens with zero attached hydrogens (tertiary/aromatic N) is 1. The Hall–Kier alpha value is -3.09. The summed E-state index contributed by atoms with van der Waals surface area (Å²) in [5.74, 6) is 0.400. The molecule has 1 fully saturated rings. The first-order valence-corrected chi connectivity index (χ1v) is 7.76. The van der Waals surface area contributed by atoms with Crippen LogP contribution in [0.25, 0.3) is 0 Å². The number of ether oxygens (including phenoxy) is 2. The number of imide groups is 1. The lowest BCUT2D eigenvalue weighted by molar-refractivity contribution is -0.131. The van der Waals surface area contributed by atoms with Gasteiger partial charge >= 0.3 is 6.03 Å². The first kappa shape index (κ1) is 15.4. The highest BCUT2D eigenvalue weighted by atomic mass is 19.1. The molecule has 0 saturated carbocycles. The molecular weight excluding hydrogens is 327 g/mol. The molecule has 2 heterocycles. The molecule has 0 spiro atoms. The number of halogens is 1. The van der Waals surface area contributed by atoms with E-state index >= 15 is 0 Å². The number of amides is 3. The topological polar surface area (TPSA) is 67.9 Å². The van der Waals surface area contributed by atoms with Gasteiger partial charge in [0.2, 0.25) is 6.79 Å². The lowest BCUT2D eigenvalue weighted by atomic mass is 9.91. The van der Waals surface area contributed by atoms with Crippen molar-refractivity contribution in [2.75, 3.05) is 6.79 Å².